The molecule has 3 N–H and O–H groups in total. The van der Waals surface area contributed by atoms with Gasteiger partial charge >= 0.3 is 0 Å². The van der Waals surface area contributed by atoms with Crippen LogP contribution in [0, 0.1) is 5.82 Å². The van der Waals surface area contributed by atoms with E-state index in [2.05, 4.69) is 0 Å². The van der Waals surface area contributed by atoms with Gasteiger partial charge in [-0.15, -0.1) is 0 Å². The van der Waals surface area contributed by atoms with Crippen LogP contribution in [-0.4, -0.2) is 24.9 Å². The Bertz CT molecular complexity index is 302. The first-order valence-corrected chi connectivity index (χ1v) is 5.31. The van der Waals surface area contributed by atoms with Crippen molar-refractivity contribution in [1.82, 2.24) is 0 Å². The summed E-state index contributed by atoms with van der Waals surface area (Å²) >= 11 is 0. The van der Waals surface area contributed by atoms with Crippen molar-refractivity contribution >= 4 is 0 Å². The van der Waals surface area contributed by atoms with Crippen molar-refractivity contribution in [1.29, 1.82) is 0 Å². The Balaban J connectivity index is 2.45. The molecule has 2 unspecified atom stereocenters. The average Bonchev–Trinajstić information content (AvgIpc) is 2.27. The van der Waals surface area contributed by atoms with Gasteiger partial charge in [0.1, 0.15) is 5.82 Å². The molecule has 0 bridgehead atoms. The van der Waals surface area contributed by atoms with Gasteiger partial charge in [0.15, 0.2) is 0 Å². The van der Waals surface area contributed by atoms with Gasteiger partial charge < -0.3 is 15.6 Å². The van der Waals surface area contributed by atoms with Crippen LogP contribution in [0.25, 0.3) is 0 Å². The van der Waals surface area contributed by atoms with Crippen LogP contribution in [0.5, 0.6) is 0 Å². The molecule has 2 atom stereocenters. The Morgan fingerprint density at radius 1 is 1.38 bits per heavy atom. The summed E-state index contributed by atoms with van der Waals surface area (Å²) < 4.78 is 17.6. The van der Waals surface area contributed by atoms with Crippen LogP contribution in [0.15, 0.2) is 24.3 Å². The summed E-state index contributed by atoms with van der Waals surface area (Å²) in [4.78, 5) is 0. The number of hydrogen-bond acceptors (Lipinski definition) is 3. The second-order valence-corrected chi connectivity index (χ2v) is 3.84. The Morgan fingerprint density at radius 3 is 2.56 bits per heavy atom. The Morgan fingerprint density at radius 2 is 2.00 bits per heavy atom. The van der Waals surface area contributed by atoms with Crippen molar-refractivity contribution < 1.29 is 14.2 Å². The highest BCUT2D eigenvalue weighted by Crippen LogP contribution is 2.18. The molecule has 1 rings (SSSR count). The minimum absolute atomic E-state index is 0.111. The van der Waals surface area contributed by atoms with Crippen LogP contribution in [0.4, 0.5) is 4.39 Å². The molecule has 0 aliphatic heterocycles. The Labute approximate surface area is 95.0 Å². The third-order valence-corrected chi connectivity index (χ3v) is 2.47. The summed E-state index contributed by atoms with van der Waals surface area (Å²) in [5.74, 6) is -0.306. The molecule has 0 aromatic heterocycles. The van der Waals surface area contributed by atoms with Crippen molar-refractivity contribution in [2.75, 3.05) is 13.7 Å². The van der Waals surface area contributed by atoms with E-state index in [9.17, 15) is 9.50 Å². The molecule has 0 radical (unpaired) electrons. The summed E-state index contributed by atoms with van der Waals surface area (Å²) in [5.41, 5.74) is 6.50. The summed E-state index contributed by atoms with van der Waals surface area (Å²) in [5, 5.41) is 9.84. The van der Waals surface area contributed by atoms with Gasteiger partial charge in [-0.1, -0.05) is 12.1 Å². The van der Waals surface area contributed by atoms with Crippen molar-refractivity contribution in [2.24, 2.45) is 5.73 Å². The molecule has 0 aliphatic carbocycles. The van der Waals surface area contributed by atoms with Crippen molar-refractivity contribution in [3.05, 3.63) is 35.6 Å². The second kappa shape index (κ2) is 6.58. The fourth-order valence-corrected chi connectivity index (χ4v) is 1.49. The molecule has 1 aromatic carbocycles. The lowest BCUT2D eigenvalue weighted by atomic mass is 10.0. The molecular weight excluding hydrogens is 209 g/mol. The molecule has 0 saturated carbocycles. The first kappa shape index (κ1) is 13.1. The molecule has 0 fully saturated rings. The molecule has 0 heterocycles. The molecule has 4 heteroatoms. The van der Waals surface area contributed by atoms with Crippen molar-refractivity contribution in [2.45, 2.75) is 25.0 Å². The Hall–Kier alpha value is -0.970. The number of methoxy groups -OCH3 is 1. The standard InChI is InChI=1S/C12H18FNO2/c1-16-7-6-11(14)8-12(15)9-2-4-10(13)5-3-9/h2-5,11-12,15H,6-8,14H2,1H3. The zero-order chi connectivity index (χ0) is 12.0. The lowest BCUT2D eigenvalue weighted by Crippen LogP contribution is -2.24. The molecule has 1 aromatic rings. The molecule has 0 aliphatic rings. The number of benzene rings is 1. The van der Waals surface area contributed by atoms with E-state index in [1.54, 1.807) is 19.2 Å². The maximum atomic E-state index is 12.7. The van der Waals surface area contributed by atoms with Gasteiger partial charge in [-0.05, 0) is 30.5 Å². The third-order valence-electron chi connectivity index (χ3n) is 2.47. The van der Waals surface area contributed by atoms with Crippen LogP contribution in [0.2, 0.25) is 0 Å². The number of hydrogen-bond donors (Lipinski definition) is 2. The fraction of sp³-hybridized carbons (Fsp3) is 0.500. The lowest BCUT2D eigenvalue weighted by molar-refractivity contribution is 0.141. The minimum Gasteiger partial charge on any atom is -0.388 e. The van der Waals surface area contributed by atoms with Crippen molar-refractivity contribution in [3.63, 3.8) is 0 Å². The molecular formula is C12H18FNO2. The van der Waals surface area contributed by atoms with E-state index in [1.807, 2.05) is 0 Å². The average molecular weight is 227 g/mol. The highest BCUT2D eigenvalue weighted by atomic mass is 19.1. The van der Waals surface area contributed by atoms with E-state index in [1.165, 1.54) is 12.1 Å². The number of aliphatic hydroxyl groups is 1. The molecule has 16 heavy (non-hydrogen) atoms. The number of halogens is 1. The second-order valence-electron chi connectivity index (χ2n) is 3.84. The van der Waals surface area contributed by atoms with Gasteiger partial charge in [-0.3, -0.25) is 0 Å². The normalized spacial score (nSPS) is 14.8. The van der Waals surface area contributed by atoms with Gasteiger partial charge in [0.05, 0.1) is 6.10 Å². The smallest absolute Gasteiger partial charge is 0.123 e. The number of ether oxygens (including phenoxy) is 1. The van der Waals surface area contributed by atoms with Crippen LogP contribution < -0.4 is 5.73 Å². The van der Waals surface area contributed by atoms with E-state index in [-0.39, 0.29) is 11.9 Å². The van der Waals surface area contributed by atoms with E-state index in [0.29, 0.717) is 25.0 Å². The zero-order valence-electron chi connectivity index (χ0n) is 9.40. The highest BCUT2D eigenvalue weighted by Gasteiger charge is 2.12. The Kier molecular flexibility index (Phi) is 5.38. The quantitative estimate of drug-likeness (QED) is 0.776. The van der Waals surface area contributed by atoms with E-state index < -0.39 is 6.10 Å². The lowest BCUT2D eigenvalue weighted by Gasteiger charge is -2.16. The maximum Gasteiger partial charge on any atom is 0.123 e. The first-order chi connectivity index (χ1) is 7.63. The fourth-order valence-electron chi connectivity index (χ4n) is 1.49. The topological polar surface area (TPSA) is 55.5 Å². The predicted octanol–water partition coefficient (Wildman–Crippen LogP) is 1.61. The minimum atomic E-state index is -0.646. The maximum absolute atomic E-state index is 12.7. The molecule has 0 saturated heterocycles. The number of rotatable bonds is 6. The summed E-state index contributed by atoms with van der Waals surface area (Å²) in [6.07, 6.45) is 0.511. The SMILES string of the molecule is COCCC(N)CC(O)c1ccc(F)cc1. The molecule has 0 amide bonds. The third kappa shape index (κ3) is 4.26. The van der Waals surface area contributed by atoms with Gasteiger partial charge in [0.25, 0.3) is 0 Å². The summed E-state index contributed by atoms with van der Waals surface area (Å²) in [6.45, 7) is 0.581. The van der Waals surface area contributed by atoms with Gasteiger partial charge in [0.2, 0.25) is 0 Å². The highest BCUT2D eigenvalue weighted by molar-refractivity contribution is 5.18. The van der Waals surface area contributed by atoms with Gasteiger partial charge in [0, 0.05) is 19.8 Å². The van der Waals surface area contributed by atoms with Crippen molar-refractivity contribution in [3.8, 4) is 0 Å². The largest absolute Gasteiger partial charge is 0.388 e. The number of nitrogens with two attached hydrogens (primary N) is 1. The van der Waals surface area contributed by atoms with E-state index >= 15 is 0 Å². The van der Waals surface area contributed by atoms with Crippen LogP contribution in [-0.2, 0) is 4.74 Å². The van der Waals surface area contributed by atoms with E-state index in [4.69, 9.17) is 10.5 Å². The first-order valence-electron chi connectivity index (χ1n) is 5.31. The van der Waals surface area contributed by atoms with Crippen LogP contribution in [0.3, 0.4) is 0 Å². The van der Waals surface area contributed by atoms with Gasteiger partial charge in [-0.25, -0.2) is 4.39 Å². The van der Waals surface area contributed by atoms with Crippen LogP contribution >= 0.6 is 0 Å². The number of aliphatic hydroxyl groups excluding tert-OH is 1. The summed E-state index contributed by atoms with van der Waals surface area (Å²) in [6, 6.07) is 5.70. The monoisotopic (exact) mass is 227 g/mol. The zero-order valence-corrected chi connectivity index (χ0v) is 9.40. The summed E-state index contributed by atoms with van der Waals surface area (Å²) in [7, 11) is 1.61. The van der Waals surface area contributed by atoms with E-state index in [0.717, 1.165) is 0 Å². The molecule has 3 nitrogen and oxygen atoms in total. The molecule has 90 valence electrons. The van der Waals surface area contributed by atoms with Gasteiger partial charge in [-0.2, -0.15) is 0 Å². The predicted molar refractivity (Wildman–Crippen MR) is 60.4 cm³/mol. The molecule has 0 spiro atoms. The van der Waals surface area contributed by atoms with Crippen LogP contribution in [0.1, 0.15) is 24.5 Å².